The molecule has 0 aromatic carbocycles. The fourth-order valence-corrected chi connectivity index (χ4v) is 4.40. The molecule has 2 aliphatic rings. The molecule has 2 nitrogen and oxygen atoms in total. The van der Waals surface area contributed by atoms with Gasteiger partial charge >= 0.3 is 9.28 Å². The summed E-state index contributed by atoms with van der Waals surface area (Å²) in [5, 5.41) is 0. The summed E-state index contributed by atoms with van der Waals surface area (Å²) in [7, 11) is 2.21. The van der Waals surface area contributed by atoms with Crippen molar-refractivity contribution in [2.45, 2.75) is 25.3 Å². The molecule has 0 N–H and O–H groups in total. The lowest BCUT2D eigenvalue weighted by molar-refractivity contribution is 0.258. The van der Waals surface area contributed by atoms with Gasteiger partial charge in [-0.15, -0.1) is 0 Å². The van der Waals surface area contributed by atoms with Crippen LogP contribution in [0.2, 0.25) is 6.04 Å². The Labute approximate surface area is 81.8 Å². The summed E-state index contributed by atoms with van der Waals surface area (Å²) >= 11 is 0. The number of allylic oxidation sites excluding steroid dienone is 2. The van der Waals surface area contributed by atoms with Crippen molar-refractivity contribution in [3.05, 3.63) is 12.2 Å². The summed E-state index contributed by atoms with van der Waals surface area (Å²) < 4.78 is 10.8. The molecular weight excluding hydrogens is 180 g/mol. The van der Waals surface area contributed by atoms with Gasteiger partial charge in [0, 0.05) is 14.2 Å². The average molecular weight is 198 g/mol. The smallest absolute Gasteiger partial charge is 0.321 e. The average Bonchev–Trinajstić information content (AvgIpc) is 2.74. The monoisotopic (exact) mass is 198 g/mol. The van der Waals surface area contributed by atoms with E-state index in [1.165, 1.54) is 19.3 Å². The van der Waals surface area contributed by atoms with E-state index in [2.05, 4.69) is 12.2 Å². The van der Waals surface area contributed by atoms with E-state index in [4.69, 9.17) is 8.85 Å². The molecule has 3 heteroatoms. The summed E-state index contributed by atoms with van der Waals surface area (Å²) in [6.45, 7) is 0. The zero-order valence-corrected chi connectivity index (χ0v) is 9.61. The molecule has 13 heavy (non-hydrogen) atoms. The van der Waals surface area contributed by atoms with Crippen LogP contribution in [-0.2, 0) is 8.85 Å². The number of hydrogen-bond donors (Lipinski definition) is 0. The van der Waals surface area contributed by atoms with Crippen molar-refractivity contribution in [1.29, 1.82) is 0 Å². The molecule has 2 atom stereocenters. The SMILES string of the molecule is CO[SiH](CC12C=CC(CC1)C2)OC. The third-order valence-corrected chi connectivity index (χ3v) is 5.70. The lowest BCUT2D eigenvalue weighted by Crippen LogP contribution is -2.27. The van der Waals surface area contributed by atoms with Crippen LogP contribution in [-0.4, -0.2) is 23.5 Å². The van der Waals surface area contributed by atoms with E-state index in [1.54, 1.807) is 14.2 Å². The minimum atomic E-state index is -1.35. The van der Waals surface area contributed by atoms with Gasteiger partial charge in [-0.05, 0) is 36.6 Å². The first-order chi connectivity index (χ1) is 6.28. The van der Waals surface area contributed by atoms with Gasteiger partial charge in [-0.2, -0.15) is 0 Å². The van der Waals surface area contributed by atoms with Gasteiger partial charge in [0.1, 0.15) is 0 Å². The maximum atomic E-state index is 5.39. The second kappa shape index (κ2) is 3.56. The molecule has 2 unspecified atom stereocenters. The first-order valence-electron chi connectivity index (χ1n) is 5.03. The number of fused-ring (bicyclic) bond motifs is 2. The third-order valence-electron chi connectivity index (χ3n) is 3.50. The van der Waals surface area contributed by atoms with Crippen LogP contribution in [0, 0.1) is 11.3 Å². The van der Waals surface area contributed by atoms with Gasteiger partial charge in [-0.25, -0.2) is 0 Å². The first-order valence-corrected chi connectivity index (χ1v) is 6.79. The molecule has 0 aliphatic heterocycles. The highest BCUT2D eigenvalue weighted by Crippen LogP contribution is 2.52. The summed E-state index contributed by atoms with van der Waals surface area (Å²) in [5.74, 6) is 0.864. The van der Waals surface area contributed by atoms with Gasteiger partial charge in [0.2, 0.25) is 0 Å². The number of rotatable bonds is 4. The Morgan fingerprint density at radius 3 is 2.62 bits per heavy atom. The molecule has 0 saturated heterocycles. The van der Waals surface area contributed by atoms with E-state index in [1.807, 2.05) is 0 Å². The molecule has 74 valence electrons. The Balaban J connectivity index is 1.97. The van der Waals surface area contributed by atoms with E-state index in [-0.39, 0.29) is 0 Å². The van der Waals surface area contributed by atoms with Crippen LogP contribution in [0.5, 0.6) is 0 Å². The van der Waals surface area contributed by atoms with Crippen molar-refractivity contribution >= 4 is 9.28 Å². The van der Waals surface area contributed by atoms with Crippen molar-refractivity contribution in [3.8, 4) is 0 Å². The molecule has 0 heterocycles. The molecule has 0 aromatic rings. The minimum absolute atomic E-state index is 0.466. The fraction of sp³-hybridized carbons (Fsp3) is 0.800. The highest BCUT2D eigenvalue weighted by Gasteiger charge is 2.42. The lowest BCUT2D eigenvalue weighted by Gasteiger charge is -2.26. The van der Waals surface area contributed by atoms with Crippen molar-refractivity contribution in [3.63, 3.8) is 0 Å². The normalized spacial score (nSPS) is 36.4. The van der Waals surface area contributed by atoms with E-state index in [0.717, 1.165) is 12.0 Å². The maximum Gasteiger partial charge on any atom is 0.321 e. The second-order valence-electron chi connectivity index (χ2n) is 4.33. The predicted octanol–water partition coefficient (Wildman–Crippen LogP) is 1.86. The Kier molecular flexibility index (Phi) is 2.58. The quantitative estimate of drug-likeness (QED) is 0.507. The second-order valence-corrected chi connectivity index (χ2v) is 6.54. The lowest BCUT2D eigenvalue weighted by atomic mass is 9.90. The van der Waals surface area contributed by atoms with E-state index < -0.39 is 9.28 Å². The van der Waals surface area contributed by atoms with Crippen LogP contribution >= 0.6 is 0 Å². The first kappa shape index (κ1) is 9.43. The van der Waals surface area contributed by atoms with Gasteiger partial charge < -0.3 is 8.85 Å². The molecule has 2 rings (SSSR count). The zero-order valence-electron chi connectivity index (χ0n) is 8.45. The Morgan fingerprint density at radius 2 is 2.23 bits per heavy atom. The van der Waals surface area contributed by atoms with Crippen LogP contribution in [0.25, 0.3) is 0 Å². The van der Waals surface area contributed by atoms with Crippen molar-refractivity contribution in [1.82, 2.24) is 0 Å². The Hall–Kier alpha value is -0.123. The van der Waals surface area contributed by atoms with Gasteiger partial charge in [-0.3, -0.25) is 0 Å². The molecular formula is C10H18O2Si. The van der Waals surface area contributed by atoms with Crippen molar-refractivity contribution < 1.29 is 8.85 Å². The van der Waals surface area contributed by atoms with Crippen LogP contribution in [0.4, 0.5) is 0 Å². The summed E-state index contributed by atoms with van der Waals surface area (Å²) in [5.41, 5.74) is 0.466. The summed E-state index contributed by atoms with van der Waals surface area (Å²) in [6, 6.07) is 1.16. The molecule has 0 spiro atoms. The molecule has 0 radical (unpaired) electrons. The highest BCUT2D eigenvalue weighted by molar-refractivity contribution is 6.44. The molecule has 1 saturated carbocycles. The topological polar surface area (TPSA) is 18.5 Å². The van der Waals surface area contributed by atoms with Crippen LogP contribution in [0.15, 0.2) is 12.2 Å². The molecule has 1 fully saturated rings. The summed E-state index contributed by atoms with van der Waals surface area (Å²) in [6.07, 6.45) is 8.89. The van der Waals surface area contributed by atoms with Gasteiger partial charge in [0.15, 0.2) is 0 Å². The maximum absolute atomic E-state index is 5.39. The van der Waals surface area contributed by atoms with E-state index >= 15 is 0 Å². The Bertz CT molecular complexity index is 213. The molecule has 0 aromatic heterocycles. The minimum Gasteiger partial charge on any atom is -0.400 e. The number of hydrogen-bond acceptors (Lipinski definition) is 2. The third kappa shape index (κ3) is 1.73. The standard InChI is InChI=1S/C10H18O2Si/c1-11-13(12-2)8-10-5-3-9(7-10)4-6-10/h3,5,9,13H,4,6-8H2,1-2H3. The molecule has 2 aliphatic carbocycles. The van der Waals surface area contributed by atoms with Gasteiger partial charge in [0.05, 0.1) is 0 Å². The zero-order chi connectivity index (χ0) is 9.31. The highest BCUT2D eigenvalue weighted by atomic mass is 28.3. The van der Waals surface area contributed by atoms with Crippen LogP contribution in [0.1, 0.15) is 19.3 Å². The van der Waals surface area contributed by atoms with Crippen molar-refractivity contribution in [2.75, 3.05) is 14.2 Å². The van der Waals surface area contributed by atoms with Gasteiger partial charge in [-0.1, -0.05) is 12.2 Å². The van der Waals surface area contributed by atoms with E-state index in [9.17, 15) is 0 Å². The summed E-state index contributed by atoms with van der Waals surface area (Å²) in [4.78, 5) is 0. The largest absolute Gasteiger partial charge is 0.400 e. The van der Waals surface area contributed by atoms with Crippen LogP contribution < -0.4 is 0 Å². The fourth-order valence-electron chi connectivity index (χ4n) is 2.70. The predicted molar refractivity (Wildman–Crippen MR) is 54.9 cm³/mol. The van der Waals surface area contributed by atoms with Crippen molar-refractivity contribution in [2.24, 2.45) is 11.3 Å². The van der Waals surface area contributed by atoms with Gasteiger partial charge in [0.25, 0.3) is 0 Å². The molecule has 2 bridgehead atoms. The Morgan fingerprint density at radius 1 is 1.46 bits per heavy atom. The molecule has 0 amide bonds. The van der Waals surface area contributed by atoms with Crippen LogP contribution in [0.3, 0.4) is 0 Å². The van der Waals surface area contributed by atoms with E-state index in [0.29, 0.717) is 5.41 Å².